The van der Waals surface area contributed by atoms with Crippen LogP contribution in [0.2, 0.25) is 0 Å². The predicted octanol–water partition coefficient (Wildman–Crippen LogP) is 6.88. The second kappa shape index (κ2) is 13.8. The van der Waals surface area contributed by atoms with Gasteiger partial charge in [-0.3, -0.25) is 9.69 Å². The maximum absolute atomic E-state index is 13.2. The summed E-state index contributed by atoms with van der Waals surface area (Å²) in [5.41, 5.74) is 5.21. The molecule has 0 aliphatic carbocycles. The first-order valence-corrected chi connectivity index (χ1v) is 13.9. The van der Waals surface area contributed by atoms with Crippen LogP contribution >= 0.6 is 0 Å². The molecule has 212 valence electrons. The van der Waals surface area contributed by atoms with Gasteiger partial charge in [0.1, 0.15) is 0 Å². The number of allylic oxidation sites excluding steroid dienone is 3. The van der Waals surface area contributed by atoms with E-state index in [2.05, 4.69) is 47.5 Å². The molecule has 4 rings (SSSR count). The standard InChI is InChI=1S/C30H36F3N3O.C2H6/c1-21(15-23(3)34-27-13-14-35(20-27)18-25-7-5-4-6-8-25)28-22(2)17-36(29(28)37)19-26-11-9-24(10-12-26)16-30(31,32)33;1-2/h4-12,15,22,27,34H,13-14,16-20H2,1-3H3;1-2H3/b23-15+,28-21+;. The van der Waals surface area contributed by atoms with Gasteiger partial charge in [0.05, 0.1) is 6.42 Å². The van der Waals surface area contributed by atoms with Gasteiger partial charge in [0.2, 0.25) is 0 Å². The highest BCUT2D eigenvalue weighted by Crippen LogP contribution is 2.29. The van der Waals surface area contributed by atoms with Crippen LogP contribution in [0.15, 0.2) is 77.5 Å². The molecule has 0 bridgehead atoms. The maximum Gasteiger partial charge on any atom is 0.393 e. The minimum atomic E-state index is -4.22. The molecular formula is C32H42F3N3O. The zero-order valence-corrected chi connectivity index (χ0v) is 23.8. The Morgan fingerprint density at radius 1 is 0.949 bits per heavy atom. The smallest absolute Gasteiger partial charge is 0.384 e. The van der Waals surface area contributed by atoms with Crippen LogP contribution in [0.4, 0.5) is 13.2 Å². The number of hydrogen-bond acceptors (Lipinski definition) is 3. The van der Waals surface area contributed by atoms with Crippen LogP contribution in [0.3, 0.4) is 0 Å². The topological polar surface area (TPSA) is 35.6 Å². The van der Waals surface area contributed by atoms with Gasteiger partial charge in [-0.05, 0) is 48.6 Å². The Morgan fingerprint density at radius 3 is 2.21 bits per heavy atom. The Balaban J connectivity index is 0.00000205. The Kier molecular flexibility index (Phi) is 10.8. The van der Waals surface area contributed by atoms with Crippen LogP contribution < -0.4 is 5.32 Å². The van der Waals surface area contributed by atoms with Gasteiger partial charge in [-0.1, -0.05) is 75.4 Å². The number of carbonyl (C=O) groups excluding carboxylic acids is 1. The highest BCUT2D eigenvalue weighted by molar-refractivity contribution is 5.97. The summed E-state index contributed by atoms with van der Waals surface area (Å²) in [7, 11) is 0. The molecule has 2 atom stereocenters. The highest BCUT2D eigenvalue weighted by Gasteiger charge is 2.33. The van der Waals surface area contributed by atoms with Crippen molar-refractivity contribution in [3.8, 4) is 0 Å². The molecule has 0 saturated carbocycles. The molecule has 39 heavy (non-hydrogen) atoms. The van der Waals surface area contributed by atoms with Crippen molar-refractivity contribution in [1.82, 2.24) is 15.1 Å². The van der Waals surface area contributed by atoms with Crippen LogP contribution in [-0.4, -0.2) is 47.6 Å². The minimum Gasteiger partial charge on any atom is -0.384 e. The van der Waals surface area contributed by atoms with Crippen LogP contribution in [0.1, 0.15) is 57.7 Å². The van der Waals surface area contributed by atoms with Gasteiger partial charge < -0.3 is 10.2 Å². The summed E-state index contributed by atoms with van der Waals surface area (Å²) in [6.45, 7) is 14.1. The third-order valence-corrected chi connectivity index (χ3v) is 7.12. The van der Waals surface area contributed by atoms with Gasteiger partial charge in [-0.25, -0.2) is 0 Å². The van der Waals surface area contributed by atoms with Crippen LogP contribution in [0.25, 0.3) is 0 Å². The van der Waals surface area contributed by atoms with Crippen molar-refractivity contribution in [2.45, 2.75) is 72.8 Å². The van der Waals surface area contributed by atoms with E-state index >= 15 is 0 Å². The van der Waals surface area contributed by atoms with Gasteiger partial charge in [-0.2, -0.15) is 13.2 Å². The molecule has 0 radical (unpaired) electrons. The SMILES string of the molecule is C/C(=C\C(C)=C1\C(=O)N(Cc2ccc(CC(F)(F)F)cc2)CC1C)NC1CCN(Cc2ccccc2)C1.CC. The van der Waals surface area contributed by atoms with Gasteiger partial charge in [0.25, 0.3) is 5.91 Å². The first kappa shape index (κ1) is 30.5. The number of hydrogen-bond donors (Lipinski definition) is 1. The van der Waals surface area contributed by atoms with Crippen molar-refractivity contribution in [2.24, 2.45) is 5.92 Å². The van der Waals surface area contributed by atoms with E-state index in [1.165, 1.54) is 17.7 Å². The van der Waals surface area contributed by atoms with Gasteiger partial charge in [-0.15, -0.1) is 0 Å². The molecule has 1 N–H and O–H groups in total. The average Bonchev–Trinajstić information content (AvgIpc) is 3.43. The Morgan fingerprint density at radius 2 is 1.56 bits per heavy atom. The quantitative estimate of drug-likeness (QED) is 0.370. The maximum atomic E-state index is 13.2. The average molecular weight is 542 g/mol. The van der Waals surface area contributed by atoms with E-state index in [1.807, 2.05) is 33.8 Å². The van der Waals surface area contributed by atoms with E-state index in [1.54, 1.807) is 17.0 Å². The third kappa shape index (κ3) is 8.99. The van der Waals surface area contributed by atoms with E-state index < -0.39 is 12.6 Å². The molecule has 2 aliphatic rings. The molecule has 0 spiro atoms. The van der Waals surface area contributed by atoms with E-state index in [0.717, 1.165) is 48.5 Å². The van der Waals surface area contributed by atoms with Gasteiger partial charge in [0.15, 0.2) is 0 Å². The monoisotopic (exact) mass is 541 g/mol. The molecule has 2 unspecified atom stereocenters. The lowest BCUT2D eigenvalue weighted by molar-refractivity contribution is -0.127. The second-order valence-electron chi connectivity index (χ2n) is 10.5. The zero-order chi connectivity index (χ0) is 28.6. The van der Waals surface area contributed by atoms with Gasteiger partial charge in [0, 0.05) is 56.0 Å². The van der Waals surface area contributed by atoms with Crippen molar-refractivity contribution in [1.29, 1.82) is 0 Å². The number of halogens is 3. The molecule has 4 nitrogen and oxygen atoms in total. The molecular weight excluding hydrogens is 499 g/mol. The second-order valence-corrected chi connectivity index (χ2v) is 10.5. The first-order chi connectivity index (χ1) is 18.6. The molecule has 2 aromatic carbocycles. The Bertz CT molecular complexity index is 1140. The summed E-state index contributed by atoms with van der Waals surface area (Å²) in [5.74, 6) is 0.0946. The van der Waals surface area contributed by atoms with E-state index in [0.29, 0.717) is 19.1 Å². The summed E-state index contributed by atoms with van der Waals surface area (Å²) in [6, 6.07) is 17.3. The van der Waals surface area contributed by atoms with Crippen LogP contribution in [-0.2, 0) is 24.3 Å². The molecule has 2 aliphatic heterocycles. The van der Waals surface area contributed by atoms with Crippen molar-refractivity contribution < 1.29 is 18.0 Å². The fraction of sp³-hybridized carbons (Fsp3) is 0.469. The summed E-state index contributed by atoms with van der Waals surface area (Å²) in [4.78, 5) is 17.5. The van der Waals surface area contributed by atoms with Crippen molar-refractivity contribution in [3.63, 3.8) is 0 Å². The largest absolute Gasteiger partial charge is 0.393 e. The number of nitrogens with one attached hydrogen (secondary N) is 1. The van der Waals surface area contributed by atoms with Crippen molar-refractivity contribution in [3.05, 3.63) is 94.2 Å². The highest BCUT2D eigenvalue weighted by atomic mass is 19.4. The molecule has 2 saturated heterocycles. The fourth-order valence-corrected chi connectivity index (χ4v) is 5.50. The van der Waals surface area contributed by atoms with E-state index in [4.69, 9.17) is 0 Å². The summed E-state index contributed by atoms with van der Waals surface area (Å²) in [5, 5.41) is 3.63. The number of carbonyl (C=O) groups is 1. The number of benzene rings is 2. The third-order valence-electron chi connectivity index (χ3n) is 7.12. The lowest BCUT2D eigenvalue weighted by Crippen LogP contribution is -2.31. The number of nitrogens with zero attached hydrogens (tertiary/aromatic N) is 2. The lowest BCUT2D eigenvalue weighted by atomic mass is 9.99. The van der Waals surface area contributed by atoms with E-state index in [9.17, 15) is 18.0 Å². The van der Waals surface area contributed by atoms with Gasteiger partial charge >= 0.3 is 6.18 Å². The minimum absolute atomic E-state index is 0.00307. The predicted molar refractivity (Wildman–Crippen MR) is 152 cm³/mol. The first-order valence-electron chi connectivity index (χ1n) is 13.9. The molecule has 1 amide bonds. The molecule has 0 aromatic heterocycles. The fourth-order valence-electron chi connectivity index (χ4n) is 5.50. The number of amides is 1. The Hall–Kier alpha value is -3.06. The van der Waals surface area contributed by atoms with Crippen LogP contribution in [0.5, 0.6) is 0 Å². The molecule has 2 heterocycles. The number of likely N-dealkylation sites (tertiary alicyclic amines) is 2. The van der Waals surface area contributed by atoms with Crippen molar-refractivity contribution >= 4 is 5.91 Å². The normalized spacial score (nSPS) is 21.6. The zero-order valence-electron chi connectivity index (χ0n) is 23.8. The summed E-state index contributed by atoms with van der Waals surface area (Å²) in [6.07, 6.45) is -2.01. The number of alkyl halides is 3. The molecule has 2 aromatic rings. The number of rotatable bonds is 8. The van der Waals surface area contributed by atoms with E-state index in [-0.39, 0.29) is 17.4 Å². The lowest BCUT2D eigenvalue weighted by Gasteiger charge is -2.18. The Labute approximate surface area is 231 Å². The molecule has 2 fully saturated rings. The molecule has 7 heteroatoms. The summed E-state index contributed by atoms with van der Waals surface area (Å²) >= 11 is 0. The van der Waals surface area contributed by atoms with Crippen molar-refractivity contribution in [2.75, 3.05) is 19.6 Å². The van der Waals surface area contributed by atoms with Crippen LogP contribution in [0, 0.1) is 5.92 Å². The summed E-state index contributed by atoms with van der Waals surface area (Å²) < 4.78 is 37.8.